The van der Waals surface area contributed by atoms with Crippen molar-refractivity contribution >= 4 is 29.3 Å². The van der Waals surface area contributed by atoms with E-state index in [2.05, 4.69) is 24.3 Å². The molecule has 9 unspecified atom stereocenters. The molecular formula is C40H65ClN4O4. The van der Waals surface area contributed by atoms with Crippen molar-refractivity contribution < 1.29 is 19.5 Å². The molecule has 4 bridgehead atoms. The van der Waals surface area contributed by atoms with E-state index in [0.29, 0.717) is 36.6 Å². The van der Waals surface area contributed by atoms with E-state index in [1.165, 1.54) is 57.8 Å². The monoisotopic (exact) mass is 700 g/mol. The average Bonchev–Trinajstić information content (AvgIpc) is 3.45. The molecule has 0 radical (unpaired) electrons. The molecule has 9 heteroatoms. The SMILES string of the molecule is CN(C)CC12CC3CC(C1)CC(C(=O)N1C[C@H](O)CC1C(=O)NC(CC1CCCC4CCCCC41)C(=O)N(C)CC1CCCCC1Cl)(C3)C2. The van der Waals surface area contributed by atoms with Crippen LogP contribution in [0.2, 0.25) is 0 Å². The molecule has 8 rings (SSSR count). The third-order valence-electron chi connectivity index (χ3n) is 14.7. The highest BCUT2D eigenvalue weighted by atomic mass is 35.5. The van der Waals surface area contributed by atoms with Gasteiger partial charge in [-0.1, -0.05) is 51.4 Å². The minimum atomic E-state index is -0.736. The fraction of sp³-hybridized carbons (Fsp3) is 0.925. The summed E-state index contributed by atoms with van der Waals surface area (Å²) in [6.07, 6.45) is 19.5. The quantitative estimate of drug-likeness (QED) is 0.280. The van der Waals surface area contributed by atoms with Crippen LogP contribution in [0.4, 0.5) is 0 Å². The van der Waals surface area contributed by atoms with Crippen LogP contribution in [-0.2, 0) is 14.4 Å². The second kappa shape index (κ2) is 14.6. The van der Waals surface area contributed by atoms with E-state index in [0.717, 1.165) is 63.8 Å². The number of β-amino-alcohol motifs (C(OH)–C–C–N with tert-alkyl or cyclic N) is 1. The normalized spacial score (nSPS) is 42.2. The molecule has 1 saturated heterocycles. The van der Waals surface area contributed by atoms with Gasteiger partial charge in [0.05, 0.1) is 11.5 Å². The molecule has 2 N–H and O–H groups in total. The molecule has 276 valence electrons. The number of hydrogen-bond donors (Lipinski definition) is 2. The average molecular weight is 701 g/mol. The van der Waals surface area contributed by atoms with Gasteiger partial charge in [-0.3, -0.25) is 14.4 Å². The van der Waals surface area contributed by atoms with Crippen LogP contribution in [0.3, 0.4) is 0 Å². The number of carbonyl (C=O) groups is 3. The van der Waals surface area contributed by atoms with Crippen molar-refractivity contribution in [3.8, 4) is 0 Å². The number of nitrogens with one attached hydrogen (secondary N) is 1. The Hall–Kier alpha value is -1.38. The van der Waals surface area contributed by atoms with Gasteiger partial charge in [0.1, 0.15) is 12.1 Å². The molecule has 8 aliphatic rings. The molecule has 8 fully saturated rings. The van der Waals surface area contributed by atoms with Gasteiger partial charge in [0.15, 0.2) is 0 Å². The van der Waals surface area contributed by atoms with Crippen LogP contribution in [-0.4, -0.2) is 102 Å². The molecular weight excluding hydrogens is 636 g/mol. The number of halogens is 1. The second-order valence-electron chi connectivity index (χ2n) is 18.8. The molecule has 7 aliphatic carbocycles. The molecule has 0 aromatic heterocycles. The number of amides is 3. The largest absolute Gasteiger partial charge is 0.391 e. The summed E-state index contributed by atoms with van der Waals surface area (Å²) < 4.78 is 0. The first-order valence-electron chi connectivity index (χ1n) is 20.3. The zero-order valence-electron chi connectivity index (χ0n) is 30.7. The van der Waals surface area contributed by atoms with Gasteiger partial charge in [-0.25, -0.2) is 0 Å². The number of aliphatic hydroxyl groups is 1. The molecule has 0 aromatic carbocycles. The Balaban J connectivity index is 1.09. The highest BCUT2D eigenvalue weighted by Crippen LogP contribution is 2.66. The summed E-state index contributed by atoms with van der Waals surface area (Å²) in [7, 11) is 6.17. The molecule has 10 atom stereocenters. The number of carbonyl (C=O) groups excluding carboxylic acids is 3. The van der Waals surface area contributed by atoms with Gasteiger partial charge in [-0.05, 0) is 119 Å². The lowest BCUT2D eigenvalue weighted by Crippen LogP contribution is -2.62. The van der Waals surface area contributed by atoms with Crippen molar-refractivity contribution in [3.63, 3.8) is 0 Å². The number of aliphatic hydroxyl groups excluding tert-OH is 1. The minimum absolute atomic E-state index is 0.0242. The molecule has 0 aromatic rings. The molecule has 1 heterocycles. The van der Waals surface area contributed by atoms with Crippen LogP contribution < -0.4 is 5.32 Å². The van der Waals surface area contributed by atoms with E-state index >= 15 is 0 Å². The Morgan fingerprint density at radius 1 is 0.878 bits per heavy atom. The molecule has 49 heavy (non-hydrogen) atoms. The van der Waals surface area contributed by atoms with Crippen molar-refractivity contribution in [2.24, 2.45) is 46.3 Å². The van der Waals surface area contributed by atoms with Gasteiger partial charge in [0.2, 0.25) is 17.7 Å². The lowest BCUT2D eigenvalue weighted by atomic mass is 9.43. The number of hydrogen-bond acceptors (Lipinski definition) is 5. The first-order valence-corrected chi connectivity index (χ1v) is 20.7. The summed E-state index contributed by atoms with van der Waals surface area (Å²) >= 11 is 6.75. The summed E-state index contributed by atoms with van der Waals surface area (Å²) in [5.41, 5.74) is -0.271. The lowest BCUT2D eigenvalue weighted by molar-refractivity contribution is -0.171. The zero-order valence-corrected chi connectivity index (χ0v) is 31.5. The summed E-state index contributed by atoms with van der Waals surface area (Å²) in [5.74, 6) is 3.00. The van der Waals surface area contributed by atoms with E-state index in [1.807, 2.05) is 11.9 Å². The Labute approximate surface area is 300 Å². The van der Waals surface area contributed by atoms with Crippen LogP contribution in [0.1, 0.15) is 122 Å². The van der Waals surface area contributed by atoms with Crippen LogP contribution in [0, 0.1) is 46.3 Å². The standard InChI is InChI=1S/C40H65ClN4O4/c1-43(2)25-39-18-26-15-27(19-39)21-40(20-26,24-39)38(49)45-23-31(46)17-35(45)36(47)42-34(16-29-12-8-11-28-9-4-6-13-32(28)29)37(48)44(3)22-30-10-5-7-14-33(30)41/h26-35,46H,4-25H2,1-3H3,(H,42,47)/t26?,27?,28?,29?,30?,31-,32?,33?,34?,35?,39?,40?/m1/s1. The lowest BCUT2D eigenvalue weighted by Gasteiger charge is -2.62. The van der Waals surface area contributed by atoms with Gasteiger partial charge >= 0.3 is 0 Å². The predicted molar refractivity (Wildman–Crippen MR) is 193 cm³/mol. The van der Waals surface area contributed by atoms with Crippen molar-refractivity contribution in [1.29, 1.82) is 0 Å². The second-order valence-corrected chi connectivity index (χ2v) is 19.4. The van der Waals surface area contributed by atoms with Crippen LogP contribution >= 0.6 is 11.6 Å². The van der Waals surface area contributed by atoms with Crippen molar-refractivity contribution in [1.82, 2.24) is 20.0 Å². The summed E-state index contributed by atoms with van der Waals surface area (Å²) in [6.45, 7) is 1.83. The Morgan fingerprint density at radius 3 is 2.29 bits per heavy atom. The third-order valence-corrected chi connectivity index (χ3v) is 15.3. The Bertz CT molecular complexity index is 1210. The highest BCUT2D eigenvalue weighted by molar-refractivity contribution is 6.20. The van der Waals surface area contributed by atoms with Crippen LogP contribution in [0.25, 0.3) is 0 Å². The van der Waals surface area contributed by atoms with Gasteiger partial charge in [0.25, 0.3) is 0 Å². The molecule has 7 saturated carbocycles. The van der Waals surface area contributed by atoms with Gasteiger partial charge < -0.3 is 25.1 Å². The van der Waals surface area contributed by atoms with Gasteiger partial charge in [-0.2, -0.15) is 0 Å². The highest BCUT2D eigenvalue weighted by Gasteiger charge is 2.62. The van der Waals surface area contributed by atoms with Crippen molar-refractivity contribution in [2.45, 2.75) is 146 Å². The first kappa shape index (κ1) is 36.0. The number of fused-ring (bicyclic) bond motifs is 1. The smallest absolute Gasteiger partial charge is 0.244 e. The molecule has 3 amide bonds. The van der Waals surface area contributed by atoms with Crippen LogP contribution in [0.15, 0.2) is 0 Å². The van der Waals surface area contributed by atoms with E-state index < -0.39 is 23.6 Å². The predicted octanol–water partition coefficient (Wildman–Crippen LogP) is 5.83. The van der Waals surface area contributed by atoms with E-state index in [9.17, 15) is 19.5 Å². The van der Waals surface area contributed by atoms with Crippen molar-refractivity contribution in [2.75, 3.05) is 40.8 Å². The number of likely N-dealkylation sites (N-methyl/N-ethyl adjacent to an activating group) is 1. The van der Waals surface area contributed by atoms with E-state index in [-0.39, 0.29) is 47.4 Å². The summed E-state index contributed by atoms with van der Waals surface area (Å²) in [5, 5.41) is 14.3. The Morgan fingerprint density at radius 2 is 1.55 bits per heavy atom. The van der Waals surface area contributed by atoms with E-state index in [4.69, 9.17) is 11.6 Å². The van der Waals surface area contributed by atoms with Gasteiger partial charge in [0, 0.05) is 38.5 Å². The number of alkyl halides is 1. The molecule has 8 nitrogen and oxygen atoms in total. The maximum atomic E-state index is 14.8. The number of rotatable bonds is 10. The fourth-order valence-corrected chi connectivity index (χ4v) is 13.7. The third kappa shape index (κ3) is 7.45. The maximum Gasteiger partial charge on any atom is 0.244 e. The van der Waals surface area contributed by atoms with Crippen molar-refractivity contribution in [3.05, 3.63) is 0 Å². The molecule has 0 spiro atoms. The number of likely N-dealkylation sites (tertiary alicyclic amines) is 1. The fourth-order valence-electron chi connectivity index (χ4n) is 13.4. The molecule has 1 aliphatic heterocycles. The topological polar surface area (TPSA) is 93.2 Å². The maximum absolute atomic E-state index is 14.8. The minimum Gasteiger partial charge on any atom is -0.391 e. The first-order chi connectivity index (χ1) is 23.4. The van der Waals surface area contributed by atoms with Gasteiger partial charge in [-0.15, -0.1) is 11.6 Å². The number of nitrogens with zero attached hydrogens (tertiary/aromatic N) is 3. The summed E-state index contributed by atoms with van der Waals surface area (Å²) in [6, 6.07) is -1.36. The zero-order chi connectivity index (χ0) is 34.5. The van der Waals surface area contributed by atoms with E-state index in [1.54, 1.807) is 4.90 Å². The summed E-state index contributed by atoms with van der Waals surface area (Å²) in [4.78, 5) is 49.5. The Kier molecular flexibility index (Phi) is 10.7. The van der Waals surface area contributed by atoms with Crippen LogP contribution in [0.5, 0.6) is 0 Å².